The highest BCUT2D eigenvalue weighted by atomic mass is 16.3. The third kappa shape index (κ3) is 3.56. The third-order valence-corrected chi connectivity index (χ3v) is 3.28. The van der Waals surface area contributed by atoms with E-state index in [4.69, 9.17) is 0 Å². The molecule has 0 radical (unpaired) electrons. The van der Waals surface area contributed by atoms with Crippen LogP contribution in [0.15, 0.2) is 24.3 Å². The summed E-state index contributed by atoms with van der Waals surface area (Å²) in [4.78, 5) is 11.9. The Balaban J connectivity index is 2.65. The minimum Gasteiger partial charge on any atom is -0.388 e. The van der Waals surface area contributed by atoms with Crippen LogP contribution in [0.2, 0.25) is 0 Å². The van der Waals surface area contributed by atoms with Crippen molar-refractivity contribution in [2.24, 2.45) is 0 Å². The molecule has 17 heavy (non-hydrogen) atoms. The fraction of sp³-hybridized carbons (Fsp3) is 0.500. The van der Waals surface area contributed by atoms with E-state index < -0.39 is 5.60 Å². The fourth-order valence-electron chi connectivity index (χ4n) is 1.67. The first-order valence-corrected chi connectivity index (χ1v) is 6.08. The number of nitrogens with one attached hydrogen (secondary N) is 1. The molecule has 0 spiro atoms. The van der Waals surface area contributed by atoms with E-state index in [0.717, 1.165) is 5.56 Å². The van der Waals surface area contributed by atoms with E-state index in [1.54, 1.807) is 6.07 Å². The van der Waals surface area contributed by atoms with Crippen LogP contribution in [0.25, 0.3) is 0 Å². The van der Waals surface area contributed by atoms with Crippen LogP contribution in [0.1, 0.15) is 42.6 Å². The largest absolute Gasteiger partial charge is 0.388 e. The number of hydrogen-bond donors (Lipinski definition) is 2. The number of carbonyl (C=O) groups excluding carboxylic acids is 1. The Labute approximate surface area is 103 Å². The van der Waals surface area contributed by atoms with Crippen molar-refractivity contribution >= 4 is 5.91 Å². The van der Waals surface area contributed by atoms with Gasteiger partial charge in [-0.3, -0.25) is 4.79 Å². The van der Waals surface area contributed by atoms with Crippen molar-refractivity contribution in [1.82, 2.24) is 5.32 Å². The summed E-state index contributed by atoms with van der Waals surface area (Å²) in [7, 11) is 0. The van der Waals surface area contributed by atoms with Crippen molar-refractivity contribution in [3.05, 3.63) is 35.4 Å². The highest BCUT2D eigenvalue weighted by molar-refractivity contribution is 5.95. The van der Waals surface area contributed by atoms with Crippen molar-refractivity contribution < 1.29 is 9.90 Å². The van der Waals surface area contributed by atoms with Crippen LogP contribution >= 0.6 is 0 Å². The van der Waals surface area contributed by atoms with Gasteiger partial charge in [0.1, 0.15) is 0 Å². The molecule has 0 unspecified atom stereocenters. The number of rotatable bonds is 5. The second-order valence-electron chi connectivity index (χ2n) is 4.43. The molecule has 0 aromatic heterocycles. The normalized spacial score (nSPS) is 11.3. The lowest BCUT2D eigenvalue weighted by Gasteiger charge is -2.25. The number of aryl methyl sites for hydroxylation is 1. The predicted octanol–water partition coefficient (Wildman–Crippen LogP) is 2.28. The number of hydrogen-bond acceptors (Lipinski definition) is 2. The highest BCUT2D eigenvalue weighted by Gasteiger charge is 2.23. The molecule has 0 bridgehead atoms. The van der Waals surface area contributed by atoms with Crippen molar-refractivity contribution in [3.8, 4) is 0 Å². The van der Waals surface area contributed by atoms with Gasteiger partial charge in [0, 0.05) is 12.1 Å². The van der Waals surface area contributed by atoms with Crippen LogP contribution in [0.5, 0.6) is 0 Å². The summed E-state index contributed by atoms with van der Waals surface area (Å²) in [5.74, 6) is -0.122. The molecule has 0 aliphatic heterocycles. The molecule has 0 atom stereocenters. The average Bonchev–Trinajstić information content (AvgIpc) is 2.36. The van der Waals surface area contributed by atoms with Gasteiger partial charge in [-0.2, -0.15) is 0 Å². The Hall–Kier alpha value is -1.35. The molecule has 0 aliphatic rings. The van der Waals surface area contributed by atoms with Crippen LogP contribution in [-0.2, 0) is 0 Å². The van der Waals surface area contributed by atoms with Crippen LogP contribution in [0.3, 0.4) is 0 Å². The molecule has 3 heteroatoms. The molecule has 2 N–H and O–H groups in total. The lowest BCUT2D eigenvalue weighted by Crippen LogP contribution is -2.42. The van der Waals surface area contributed by atoms with Gasteiger partial charge in [-0.15, -0.1) is 0 Å². The van der Waals surface area contributed by atoms with Crippen LogP contribution in [-0.4, -0.2) is 23.2 Å². The lowest BCUT2D eigenvalue weighted by molar-refractivity contribution is 0.0314. The molecule has 0 aliphatic carbocycles. The molecule has 0 saturated heterocycles. The molecular weight excluding hydrogens is 214 g/mol. The SMILES string of the molecule is CCC(O)(CC)CNC(=O)c1ccccc1C. The molecule has 0 fully saturated rings. The topological polar surface area (TPSA) is 49.3 Å². The Morgan fingerprint density at radius 2 is 1.88 bits per heavy atom. The van der Waals surface area contributed by atoms with Crippen molar-refractivity contribution in [2.75, 3.05) is 6.54 Å². The second-order valence-corrected chi connectivity index (χ2v) is 4.43. The maximum Gasteiger partial charge on any atom is 0.251 e. The number of aliphatic hydroxyl groups is 1. The van der Waals surface area contributed by atoms with Gasteiger partial charge in [0.05, 0.1) is 5.60 Å². The van der Waals surface area contributed by atoms with Gasteiger partial charge in [0.2, 0.25) is 0 Å². The monoisotopic (exact) mass is 235 g/mol. The fourth-order valence-corrected chi connectivity index (χ4v) is 1.67. The number of amides is 1. The van der Waals surface area contributed by atoms with Crippen LogP contribution in [0, 0.1) is 6.92 Å². The summed E-state index contributed by atoms with van der Waals surface area (Å²) in [6.45, 7) is 6.04. The van der Waals surface area contributed by atoms with E-state index in [1.807, 2.05) is 39.0 Å². The standard InChI is InChI=1S/C14H21NO2/c1-4-14(17,5-2)10-15-13(16)12-9-7-6-8-11(12)3/h6-9,17H,4-5,10H2,1-3H3,(H,15,16). The third-order valence-electron chi connectivity index (χ3n) is 3.28. The van der Waals surface area contributed by atoms with Gasteiger partial charge < -0.3 is 10.4 Å². The molecule has 94 valence electrons. The molecular formula is C14H21NO2. The quantitative estimate of drug-likeness (QED) is 0.822. The van der Waals surface area contributed by atoms with E-state index in [2.05, 4.69) is 5.32 Å². The molecule has 3 nitrogen and oxygen atoms in total. The lowest BCUT2D eigenvalue weighted by atomic mass is 9.97. The Morgan fingerprint density at radius 1 is 1.29 bits per heavy atom. The number of carbonyl (C=O) groups is 1. The summed E-state index contributed by atoms with van der Waals surface area (Å²) in [5.41, 5.74) is 0.821. The maximum atomic E-state index is 11.9. The summed E-state index contributed by atoms with van der Waals surface area (Å²) < 4.78 is 0. The zero-order valence-electron chi connectivity index (χ0n) is 10.8. The van der Waals surface area contributed by atoms with Gasteiger partial charge in [-0.05, 0) is 31.4 Å². The summed E-state index contributed by atoms with van der Waals surface area (Å²) in [5, 5.41) is 12.9. The van der Waals surface area contributed by atoms with Gasteiger partial charge in [0.15, 0.2) is 0 Å². The van der Waals surface area contributed by atoms with Gasteiger partial charge in [-0.25, -0.2) is 0 Å². The average molecular weight is 235 g/mol. The first kappa shape index (κ1) is 13.7. The number of benzene rings is 1. The van der Waals surface area contributed by atoms with E-state index in [-0.39, 0.29) is 5.91 Å². The Morgan fingerprint density at radius 3 is 2.41 bits per heavy atom. The van der Waals surface area contributed by atoms with Crippen LogP contribution < -0.4 is 5.32 Å². The van der Waals surface area contributed by atoms with E-state index in [0.29, 0.717) is 24.9 Å². The molecule has 1 aromatic rings. The predicted molar refractivity (Wildman–Crippen MR) is 69.0 cm³/mol. The van der Waals surface area contributed by atoms with E-state index >= 15 is 0 Å². The summed E-state index contributed by atoms with van der Waals surface area (Å²) in [6.07, 6.45) is 1.27. The van der Waals surface area contributed by atoms with Gasteiger partial charge in [0.25, 0.3) is 5.91 Å². The summed E-state index contributed by atoms with van der Waals surface area (Å²) in [6, 6.07) is 7.44. The molecule has 1 rings (SSSR count). The minimum absolute atomic E-state index is 0.122. The zero-order valence-corrected chi connectivity index (χ0v) is 10.8. The molecule has 0 saturated carbocycles. The Bertz CT molecular complexity index is 384. The Kier molecular flexibility index (Phi) is 4.70. The van der Waals surface area contributed by atoms with Crippen molar-refractivity contribution in [1.29, 1.82) is 0 Å². The minimum atomic E-state index is -0.793. The maximum absolute atomic E-state index is 11.9. The van der Waals surface area contributed by atoms with Crippen molar-refractivity contribution in [2.45, 2.75) is 39.2 Å². The molecule has 1 aromatic carbocycles. The smallest absolute Gasteiger partial charge is 0.251 e. The first-order chi connectivity index (χ1) is 8.02. The van der Waals surface area contributed by atoms with Gasteiger partial charge in [-0.1, -0.05) is 32.0 Å². The van der Waals surface area contributed by atoms with E-state index in [1.165, 1.54) is 0 Å². The molecule has 0 heterocycles. The van der Waals surface area contributed by atoms with Gasteiger partial charge >= 0.3 is 0 Å². The highest BCUT2D eigenvalue weighted by Crippen LogP contribution is 2.13. The second kappa shape index (κ2) is 5.82. The zero-order chi connectivity index (χ0) is 12.9. The van der Waals surface area contributed by atoms with Crippen molar-refractivity contribution in [3.63, 3.8) is 0 Å². The summed E-state index contributed by atoms with van der Waals surface area (Å²) >= 11 is 0. The van der Waals surface area contributed by atoms with E-state index in [9.17, 15) is 9.90 Å². The molecule has 1 amide bonds. The first-order valence-electron chi connectivity index (χ1n) is 6.08. The van der Waals surface area contributed by atoms with Crippen LogP contribution in [0.4, 0.5) is 0 Å².